The van der Waals surface area contributed by atoms with Crippen molar-refractivity contribution in [2.75, 3.05) is 13.2 Å². The van der Waals surface area contributed by atoms with Crippen LogP contribution < -0.4 is 0 Å². The molecule has 0 saturated carbocycles. The summed E-state index contributed by atoms with van der Waals surface area (Å²) in [6.07, 6.45) is 1.92. The van der Waals surface area contributed by atoms with Crippen LogP contribution in [0.3, 0.4) is 0 Å². The van der Waals surface area contributed by atoms with Crippen LogP contribution in [0.25, 0.3) is 0 Å². The molecule has 0 aromatic heterocycles. The second-order valence-electron chi connectivity index (χ2n) is 1.05. The summed E-state index contributed by atoms with van der Waals surface area (Å²) in [6.45, 7) is 0.477. The van der Waals surface area contributed by atoms with E-state index in [0.29, 0.717) is 13.0 Å². The van der Waals surface area contributed by atoms with E-state index in [1.54, 1.807) is 0 Å². The van der Waals surface area contributed by atoms with E-state index in [1.165, 1.54) is 6.08 Å². The quantitative estimate of drug-likeness (QED) is 0.301. The molecule has 7 heavy (non-hydrogen) atoms. The van der Waals surface area contributed by atoms with E-state index < -0.39 is 0 Å². The lowest BCUT2D eigenvalue weighted by Crippen LogP contribution is -1.84. The Kier molecular flexibility index (Phi) is 4.84. The van der Waals surface area contributed by atoms with Crippen molar-refractivity contribution >= 4 is 6.08 Å². The first-order chi connectivity index (χ1) is 3.41. The molecular formula is C4H7NO2. The van der Waals surface area contributed by atoms with Crippen LogP contribution in [0.15, 0.2) is 4.99 Å². The molecule has 0 aliphatic heterocycles. The maximum atomic E-state index is 9.31. The van der Waals surface area contributed by atoms with Gasteiger partial charge < -0.3 is 5.11 Å². The average Bonchev–Trinajstić information content (AvgIpc) is 1.69. The highest BCUT2D eigenvalue weighted by Gasteiger charge is 1.75. The van der Waals surface area contributed by atoms with Crippen molar-refractivity contribution in [1.82, 2.24) is 0 Å². The van der Waals surface area contributed by atoms with E-state index in [0.717, 1.165) is 0 Å². The van der Waals surface area contributed by atoms with Gasteiger partial charge in [0.15, 0.2) is 0 Å². The lowest BCUT2D eigenvalue weighted by atomic mass is 10.5. The van der Waals surface area contributed by atoms with Gasteiger partial charge in [-0.1, -0.05) is 0 Å². The van der Waals surface area contributed by atoms with E-state index in [-0.39, 0.29) is 6.61 Å². The maximum absolute atomic E-state index is 9.31. The molecule has 0 saturated heterocycles. The predicted molar refractivity (Wildman–Crippen MR) is 24.7 cm³/mol. The Hall–Kier alpha value is -0.660. The molecule has 0 aliphatic rings. The van der Waals surface area contributed by atoms with Crippen LogP contribution in [0.5, 0.6) is 0 Å². The van der Waals surface area contributed by atoms with Crippen molar-refractivity contribution in [2.45, 2.75) is 6.42 Å². The molecule has 0 amide bonds. The van der Waals surface area contributed by atoms with Gasteiger partial charge in [0.1, 0.15) is 0 Å². The minimum Gasteiger partial charge on any atom is -0.396 e. The third kappa shape index (κ3) is 5.34. The van der Waals surface area contributed by atoms with Crippen LogP contribution in [-0.2, 0) is 4.79 Å². The number of rotatable bonds is 3. The molecule has 0 rings (SSSR count). The third-order valence-corrected chi connectivity index (χ3v) is 0.493. The van der Waals surface area contributed by atoms with Gasteiger partial charge in [-0.3, -0.25) is 0 Å². The fraction of sp³-hybridized carbons (Fsp3) is 0.750. The smallest absolute Gasteiger partial charge is 0.234 e. The summed E-state index contributed by atoms with van der Waals surface area (Å²) < 4.78 is 0. The summed E-state index contributed by atoms with van der Waals surface area (Å²) in [6, 6.07) is 0. The summed E-state index contributed by atoms with van der Waals surface area (Å²) in [7, 11) is 0. The molecule has 1 N–H and O–H groups in total. The average molecular weight is 101 g/mol. The van der Waals surface area contributed by atoms with Crippen molar-refractivity contribution in [2.24, 2.45) is 4.99 Å². The van der Waals surface area contributed by atoms with Crippen LogP contribution in [0.4, 0.5) is 0 Å². The number of carbonyl (C=O) groups excluding carboxylic acids is 1. The molecule has 3 heteroatoms. The molecular weight excluding hydrogens is 94.0 g/mol. The number of aliphatic imine (C=N–C) groups is 1. The zero-order valence-electron chi connectivity index (χ0n) is 3.92. The topological polar surface area (TPSA) is 49.7 Å². The van der Waals surface area contributed by atoms with Gasteiger partial charge in [-0.25, -0.2) is 9.79 Å². The van der Waals surface area contributed by atoms with Gasteiger partial charge >= 0.3 is 0 Å². The largest absolute Gasteiger partial charge is 0.396 e. The van der Waals surface area contributed by atoms with E-state index in [1.807, 2.05) is 0 Å². The molecule has 0 radical (unpaired) electrons. The number of hydrogen-bond donors (Lipinski definition) is 1. The first kappa shape index (κ1) is 6.34. The molecule has 0 aromatic rings. The highest BCUT2D eigenvalue weighted by molar-refractivity contribution is 5.32. The molecule has 0 fully saturated rings. The summed E-state index contributed by atoms with van der Waals surface area (Å²) in [5, 5.41) is 8.10. The summed E-state index contributed by atoms with van der Waals surface area (Å²) in [5.41, 5.74) is 0. The van der Waals surface area contributed by atoms with Crippen LogP contribution in [0.1, 0.15) is 6.42 Å². The van der Waals surface area contributed by atoms with Crippen LogP contribution in [0.2, 0.25) is 0 Å². The second kappa shape index (κ2) is 5.34. The number of aliphatic hydroxyl groups excluding tert-OH is 1. The van der Waals surface area contributed by atoms with Crippen molar-refractivity contribution in [3.8, 4) is 0 Å². The molecule has 0 aromatic carbocycles. The van der Waals surface area contributed by atoms with Gasteiger partial charge in [-0.15, -0.1) is 0 Å². The van der Waals surface area contributed by atoms with Gasteiger partial charge in [-0.2, -0.15) is 0 Å². The summed E-state index contributed by atoms with van der Waals surface area (Å²) >= 11 is 0. The molecule has 0 unspecified atom stereocenters. The number of aliphatic hydroxyl groups is 1. The van der Waals surface area contributed by atoms with E-state index in [2.05, 4.69) is 4.99 Å². The van der Waals surface area contributed by atoms with Gasteiger partial charge in [0.2, 0.25) is 6.08 Å². The van der Waals surface area contributed by atoms with Crippen molar-refractivity contribution in [3.05, 3.63) is 0 Å². The summed E-state index contributed by atoms with van der Waals surface area (Å²) in [4.78, 5) is 12.5. The molecule has 3 nitrogen and oxygen atoms in total. The van der Waals surface area contributed by atoms with Crippen LogP contribution >= 0.6 is 0 Å². The second-order valence-corrected chi connectivity index (χ2v) is 1.05. The molecule has 0 spiro atoms. The summed E-state index contributed by atoms with van der Waals surface area (Å²) in [5.74, 6) is 0. The Morgan fingerprint density at radius 3 is 2.86 bits per heavy atom. The zero-order chi connectivity index (χ0) is 5.54. The molecule has 40 valence electrons. The Morgan fingerprint density at radius 2 is 2.43 bits per heavy atom. The Morgan fingerprint density at radius 1 is 1.71 bits per heavy atom. The number of hydrogen-bond acceptors (Lipinski definition) is 3. The fourth-order valence-corrected chi connectivity index (χ4v) is 0.195. The van der Waals surface area contributed by atoms with E-state index >= 15 is 0 Å². The monoisotopic (exact) mass is 101 g/mol. The Bertz CT molecular complexity index is 75.8. The first-order valence-electron chi connectivity index (χ1n) is 2.06. The van der Waals surface area contributed by atoms with Crippen LogP contribution in [0, 0.1) is 0 Å². The highest BCUT2D eigenvalue weighted by atomic mass is 16.3. The van der Waals surface area contributed by atoms with Gasteiger partial charge in [-0.05, 0) is 6.42 Å². The first-order valence-corrected chi connectivity index (χ1v) is 2.06. The van der Waals surface area contributed by atoms with E-state index in [4.69, 9.17) is 5.11 Å². The van der Waals surface area contributed by atoms with Gasteiger partial charge in [0, 0.05) is 6.61 Å². The maximum Gasteiger partial charge on any atom is 0.234 e. The Labute approximate surface area is 41.7 Å². The van der Waals surface area contributed by atoms with Crippen molar-refractivity contribution in [1.29, 1.82) is 0 Å². The minimum atomic E-state index is 0.0885. The fourth-order valence-electron chi connectivity index (χ4n) is 0.195. The molecule has 0 bridgehead atoms. The van der Waals surface area contributed by atoms with Crippen molar-refractivity contribution < 1.29 is 9.90 Å². The van der Waals surface area contributed by atoms with E-state index in [9.17, 15) is 4.79 Å². The molecule has 0 aliphatic carbocycles. The van der Waals surface area contributed by atoms with Crippen LogP contribution in [-0.4, -0.2) is 24.3 Å². The third-order valence-electron chi connectivity index (χ3n) is 0.493. The van der Waals surface area contributed by atoms with Gasteiger partial charge in [0.05, 0.1) is 6.54 Å². The zero-order valence-corrected chi connectivity index (χ0v) is 3.92. The SMILES string of the molecule is O=C=NCCCO. The molecule has 0 heterocycles. The lowest BCUT2D eigenvalue weighted by molar-refractivity contribution is 0.291. The Balaban J connectivity index is 2.83. The minimum absolute atomic E-state index is 0.0885. The normalized spacial score (nSPS) is 7.57. The molecule has 0 atom stereocenters. The predicted octanol–water partition coefficient (Wildman–Crippen LogP) is -0.295. The number of nitrogens with zero attached hydrogens (tertiary/aromatic N) is 1. The standard InChI is InChI=1S/C4H7NO2/c6-3-1-2-5-4-7/h6H,1-3H2. The lowest BCUT2D eigenvalue weighted by Gasteiger charge is -1.80. The highest BCUT2D eigenvalue weighted by Crippen LogP contribution is 1.73. The number of isocyanates is 1. The van der Waals surface area contributed by atoms with Crippen molar-refractivity contribution in [3.63, 3.8) is 0 Å². The van der Waals surface area contributed by atoms with Gasteiger partial charge in [0.25, 0.3) is 0 Å².